The first-order valence-corrected chi connectivity index (χ1v) is 6.68. The normalized spacial score (nSPS) is 19.0. The molecule has 1 saturated heterocycles. The van der Waals surface area contributed by atoms with E-state index in [1.807, 2.05) is 7.05 Å². The number of carbonyl (C=O) groups excluding carboxylic acids is 1. The number of nitrogens with zero attached hydrogens (tertiary/aromatic N) is 2. The van der Waals surface area contributed by atoms with E-state index in [1.54, 1.807) is 0 Å². The summed E-state index contributed by atoms with van der Waals surface area (Å²) < 4.78 is 4.67. The van der Waals surface area contributed by atoms with Gasteiger partial charge in [-0.25, -0.2) is 0 Å². The summed E-state index contributed by atoms with van der Waals surface area (Å²) in [5.41, 5.74) is 0. The van der Waals surface area contributed by atoms with E-state index >= 15 is 0 Å². The molecular formula is C11H21BrN2O2. The number of halogens is 1. The van der Waals surface area contributed by atoms with Crippen molar-refractivity contribution in [1.82, 2.24) is 9.80 Å². The second kappa shape index (κ2) is 7.25. The zero-order chi connectivity index (χ0) is 12.0. The number of carbonyl (C=O) groups is 1. The molecule has 0 amide bonds. The smallest absolute Gasteiger partial charge is 0.320 e. The van der Waals surface area contributed by atoms with E-state index in [0.29, 0.717) is 6.54 Å². The molecule has 4 nitrogen and oxygen atoms in total. The van der Waals surface area contributed by atoms with Gasteiger partial charge < -0.3 is 14.5 Å². The monoisotopic (exact) mass is 292 g/mol. The summed E-state index contributed by atoms with van der Waals surface area (Å²) >= 11 is 3.33. The van der Waals surface area contributed by atoms with Gasteiger partial charge in [0.05, 0.1) is 7.11 Å². The lowest BCUT2D eigenvalue weighted by atomic mass is 10.4. The maximum absolute atomic E-state index is 11.2. The van der Waals surface area contributed by atoms with Crippen molar-refractivity contribution in [2.45, 2.75) is 17.7 Å². The Morgan fingerprint density at radius 1 is 1.50 bits per heavy atom. The number of methoxy groups -OCH3 is 1. The summed E-state index contributed by atoms with van der Waals surface area (Å²) in [5, 5.41) is 0. The van der Waals surface area contributed by atoms with Crippen molar-refractivity contribution in [3.8, 4) is 0 Å². The molecule has 16 heavy (non-hydrogen) atoms. The highest BCUT2D eigenvalue weighted by atomic mass is 79.9. The van der Waals surface area contributed by atoms with Crippen LogP contribution in [0.2, 0.25) is 0 Å². The van der Waals surface area contributed by atoms with Crippen LogP contribution >= 0.6 is 15.9 Å². The zero-order valence-corrected chi connectivity index (χ0v) is 11.7. The summed E-state index contributed by atoms with van der Waals surface area (Å²) in [5.74, 6) is -0.201. The Morgan fingerprint density at radius 2 is 2.12 bits per heavy atom. The summed E-state index contributed by atoms with van der Waals surface area (Å²) in [4.78, 5) is 15.6. The Kier molecular flexibility index (Phi) is 6.31. The molecule has 0 radical (unpaired) electrons. The fraction of sp³-hybridized carbons (Fsp3) is 0.909. The SMILES string of the molecule is COC(=O)C(Br)CN(C)CCN1CCCC1. The van der Waals surface area contributed by atoms with Gasteiger partial charge in [0.25, 0.3) is 0 Å². The van der Waals surface area contributed by atoms with Crippen LogP contribution in [0.4, 0.5) is 0 Å². The molecular weight excluding hydrogens is 272 g/mol. The quantitative estimate of drug-likeness (QED) is 0.539. The lowest BCUT2D eigenvalue weighted by Crippen LogP contribution is -2.36. The zero-order valence-electron chi connectivity index (χ0n) is 10.1. The van der Waals surface area contributed by atoms with Crippen LogP contribution in [0.1, 0.15) is 12.8 Å². The minimum absolute atomic E-state index is 0.201. The van der Waals surface area contributed by atoms with Crippen molar-refractivity contribution in [1.29, 1.82) is 0 Å². The predicted molar refractivity (Wildman–Crippen MR) is 67.9 cm³/mol. The Labute approximate surface area is 106 Å². The highest BCUT2D eigenvalue weighted by Crippen LogP contribution is 2.08. The van der Waals surface area contributed by atoms with Gasteiger partial charge in [0.1, 0.15) is 4.83 Å². The standard InChI is InChI=1S/C11H21BrN2O2/c1-13(9-10(12)11(15)16-2)7-8-14-5-3-4-6-14/h10H,3-9H2,1-2H3. The molecule has 1 rings (SSSR count). The number of rotatable bonds is 6. The van der Waals surface area contributed by atoms with Crippen LogP contribution in [-0.4, -0.2) is 67.5 Å². The highest BCUT2D eigenvalue weighted by Gasteiger charge is 2.18. The van der Waals surface area contributed by atoms with E-state index in [9.17, 15) is 4.79 Å². The first-order valence-electron chi connectivity index (χ1n) is 5.76. The van der Waals surface area contributed by atoms with Crippen LogP contribution in [0.25, 0.3) is 0 Å². The summed E-state index contributed by atoms with van der Waals surface area (Å²) in [6, 6.07) is 0. The minimum atomic E-state index is -0.221. The molecule has 0 aromatic carbocycles. The molecule has 1 heterocycles. The van der Waals surface area contributed by atoms with Crippen molar-refractivity contribution in [3.63, 3.8) is 0 Å². The van der Waals surface area contributed by atoms with E-state index in [0.717, 1.165) is 13.1 Å². The molecule has 0 N–H and O–H groups in total. The Bertz CT molecular complexity index is 220. The van der Waals surface area contributed by atoms with Crippen LogP contribution in [0, 0.1) is 0 Å². The van der Waals surface area contributed by atoms with Crippen molar-refractivity contribution >= 4 is 21.9 Å². The maximum Gasteiger partial charge on any atom is 0.320 e. The molecule has 0 bridgehead atoms. The third kappa shape index (κ3) is 4.80. The lowest BCUT2D eigenvalue weighted by Gasteiger charge is -2.22. The average molecular weight is 293 g/mol. The molecule has 1 fully saturated rings. The Morgan fingerprint density at radius 3 is 2.69 bits per heavy atom. The number of hydrogen-bond acceptors (Lipinski definition) is 4. The van der Waals surface area contributed by atoms with Crippen molar-refractivity contribution in [3.05, 3.63) is 0 Å². The number of esters is 1. The third-order valence-electron chi connectivity index (χ3n) is 2.93. The average Bonchev–Trinajstić information content (AvgIpc) is 2.78. The number of alkyl halides is 1. The maximum atomic E-state index is 11.2. The van der Waals surface area contributed by atoms with E-state index in [-0.39, 0.29) is 10.8 Å². The van der Waals surface area contributed by atoms with Crippen molar-refractivity contribution in [2.75, 3.05) is 46.9 Å². The van der Waals surface area contributed by atoms with Gasteiger partial charge in [0.15, 0.2) is 0 Å². The molecule has 1 unspecified atom stereocenters. The molecule has 1 aliphatic heterocycles. The number of likely N-dealkylation sites (tertiary alicyclic amines) is 1. The highest BCUT2D eigenvalue weighted by molar-refractivity contribution is 9.10. The molecule has 0 aliphatic carbocycles. The van der Waals surface area contributed by atoms with Crippen LogP contribution in [0.15, 0.2) is 0 Å². The summed E-state index contributed by atoms with van der Waals surface area (Å²) in [6.45, 7) is 5.24. The van der Waals surface area contributed by atoms with E-state index in [1.165, 1.54) is 33.0 Å². The molecule has 0 spiro atoms. The van der Waals surface area contributed by atoms with Gasteiger partial charge in [-0.3, -0.25) is 4.79 Å². The van der Waals surface area contributed by atoms with Crippen molar-refractivity contribution < 1.29 is 9.53 Å². The molecule has 0 saturated carbocycles. The fourth-order valence-corrected chi connectivity index (χ4v) is 2.57. The fourth-order valence-electron chi connectivity index (χ4n) is 1.89. The third-order valence-corrected chi connectivity index (χ3v) is 3.59. The molecule has 0 aromatic rings. The summed E-state index contributed by atoms with van der Waals surface area (Å²) in [6.07, 6.45) is 2.65. The minimum Gasteiger partial charge on any atom is -0.468 e. The van der Waals surface area contributed by atoms with Gasteiger partial charge in [-0.2, -0.15) is 0 Å². The van der Waals surface area contributed by atoms with Gasteiger partial charge in [0.2, 0.25) is 0 Å². The first kappa shape index (κ1) is 13.9. The predicted octanol–water partition coefficient (Wildman–Crippen LogP) is 0.950. The Balaban J connectivity index is 2.14. The molecule has 94 valence electrons. The van der Waals surface area contributed by atoms with E-state index in [4.69, 9.17) is 0 Å². The van der Waals surface area contributed by atoms with Crippen LogP contribution in [0.3, 0.4) is 0 Å². The molecule has 1 atom stereocenters. The van der Waals surface area contributed by atoms with Crippen LogP contribution in [-0.2, 0) is 9.53 Å². The Hall–Kier alpha value is -0.130. The second-order valence-corrected chi connectivity index (χ2v) is 5.41. The molecule has 0 aromatic heterocycles. The van der Waals surface area contributed by atoms with E-state index < -0.39 is 0 Å². The lowest BCUT2D eigenvalue weighted by molar-refractivity contribution is -0.140. The van der Waals surface area contributed by atoms with Crippen molar-refractivity contribution in [2.24, 2.45) is 0 Å². The number of hydrogen-bond donors (Lipinski definition) is 0. The van der Waals surface area contributed by atoms with Gasteiger partial charge in [-0.05, 0) is 33.0 Å². The van der Waals surface area contributed by atoms with Gasteiger partial charge in [0, 0.05) is 19.6 Å². The van der Waals surface area contributed by atoms with Crippen LogP contribution < -0.4 is 0 Å². The topological polar surface area (TPSA) is 32.8 Å². The summed E-state index contributed by atoms with van der Waals surface area (Å²) in [7, 11) is 3.45. The van der Waals surface area contributed by atoms with Gasteiger partial charge in [-0.15, -0.1) is 0 Å². The van der Waals surface area contributed by atoms with Gasteiger partial charge >= 0.3 is 5.97 Å². The number of ether oxygens (including phenoxy) is 1. The van der Waals surface area contributed by atoms with Gasteiger partial charge in [-0.1, -0.05) is 15.9 Å². The first-order chi connectivity index (χ1) is 7.63. The van der Waals surface area contributed by atoms with E-state index in [2.05, 4.69) is 30.5 Å². The molecule has 5 heteroatoms. The molecule has 1 aliphatic rings. The largest absolute Gasteiger partial charge is 0.468 e. The number of likely N-dealkylation sites (N-methyl/N-ethyl adjacent to an activating group) is 1. The van der Waals surface area contributed by atoms with Crippen LogP contribution in [0.5, 0.6) is 0 Å². The second-order valence-electron chi connectivity index (χ2n) is 4.30.